The Bertz CT molecular complexity index is 1210. The van der Waals surface area contributed by atoms with E-state index in [4.69, 9.17) is 0 Å². The first-order chi connectivity index (χ1) is 14.8. The maximum Gasteiger partial charge on any atom is 0.156 e. The summed E-state index contributed by atoms with van der Waals surface area (Å²) in [5, 5.41) is 4.17. The van der Waals surface area contributed by atoms with E-state index in [0.29, 0.717) is 5.78 Å². The van der Waals surface area contributed by atoms with Crippen LogP contribution in [0.25, 0.3) is 24.3 Å². The summed E-state index contributed by atoms with van der Waals surface area (Å²) in [4.78, 5) is 15.6. The predicted molar refractivity (Wildman–Crippen MR) is 128 cm³/mol. The van der Waals surface area contributed by atoms with Crippen LogP contribution in [0, 0.1) is 0 Å². The van der Waals surface area contributed by atoms with Crippen LogP contribution in [0.3, 0.4) is 0 Å². The summed E-state index contributed by atoms with van der Waals surface area (Å²) >= 11 is 3.46. The van der Waals surface area contributed by atoms with Crippen LogP contribution in [0.15, 0.2) is 71.4 Å². The van der Waals surface area contributed by atoms with E-state index in [2.05, 4.69) is 95.7 Å². The Morgan fingerprint density at radius 2 is 1.10 bits per heavy atom. The van der Waals surface area contributed by atoms with Crippen molar-refractivity contribution in [2.75, 3.05) is 0 Å². The zero-order chi connectivity index (χ0) is 20.1. The molecule has 0 radical (unpaired) electrons. The van der Waals surface area contributed by atoms with Gasteiger partial charge in [-0.05, 0) is 68.4 Å². The zero-order valence-corrected chi connectivity index (χ0v) is 17.8. The highest BCUT2D eigenvalue weighted by molar-refractivity contribution is 7.11. The third-order valence-corrected chi connectivity index (χ3v) is 7.68. The third-order valence-electron chi connectivity index (χ3n) is 6.00. The van der Waals surface area contributed by atoms with E-state index in [1.54, 1.807) is 22.7 Å². The molecule has 0 saturated carbocycles. The number of fused-ring (bicyclic) bond motifs is 8. The molecule has 0 amide bonds. The molecule has 2 aromatic heterocycles. The maximum atomic E-state index is 13.2. The maximum absolute atomic E-state index is 13.2. The minimum absolute atomic E-state index is 0.106. The molecule has 30 heavy (non-hydrogen) atoms. The lowest BCUT2D eigenvalue weighted by atomic mass is 9.84. The van der Waals surface area contributed by atoms with E-state index < -0.39 is 0 Å². The number of carbonyl (C=O) groups excluding carboxylic acids is 1. The third kappa shape index (κ3) is 2.85. The summed E-state index contributed by atoms with van der Waals surface area (Å²) < 4.78 is 0. The van der Waals surface area contributed by atoms with Crippen molar-refractivity contribution in [3.8, 4) is 0 Å². The number of benzene rings is 2. The summed E-state index contributed by atoms with van der Waals surface area (Å²) in [7, 11) is 0. The van der Waals surface area contributed by atoms with Gasteiger partial charge in [0.25, 0.3) is 0 Å². The van der Waals surface area contributed by atoms with Crippen molar-refractivity contribution in [2.24, 2.45) is 0 Å². The smallest absolute Gasteiger partial charge is 0.156 e. The Morgan fingerprint density at radius 3 is 1.53 bits per heavy atom. The molecule has 0 aliphatic heterocycles. The molecule has 0 spiro atoms. The first-order valence-electron chi connectivity index (χ1n) is 10.0. The molecule has 2 atom stereocenters. The first kappa shape index (κ1) is 17.8. The van der Waals surface area contributed by atoms with Gasteiger partial charge in [-0.2, -0.15) is 0 Å². The number of hydrogen-bond acceptors (Lipinski definition) is 3. The summed E-state index contributed by atoms with van der Waals surface area (Å²) in [6.45, 7) is 0. The van der Waals surface area contributed by atoms with Gasteiger partial charge in [-0.15, -0.1) is 22.7 Å². The van der Waals surface area contributed by atoms with E-state index in [1.165, 1.54) is 32.0 Å². The number of thiophene rings is 2. The van der Waals surface area contributed by atoms with Gasteiger partial charge in [0.05, 0.1) is 11.8 Å². The second kappa shape index (κ2) is 7.05. The topological polar surface area (TPSA) is 17.1 Å². The van der Waals surface area contributed by atoms with Crippen LogP contribution in [-0.4, -0.2) is 5.78 Å². The van der Waals surface area contributed by atoms with Crippen LogP contribution in [0.4, 0.5) is 0 Å². The van der Waals surface area contributed by atoms with Gasteiger partial charge in [-0.25, -0.2) is 0 Å². The molecule has 0 N–H and O–H groups in total. The number of ketones is 1. The molecular weight excluding hydrogens is 404 g/mol. The largest absolute Gasteiger partial charge is 0.298 e. The molecule has 1 nitrogen and oxygen atoms in total. The Balaban J connectivity index is 1.34. The lowest BCUT2D eigenvalue weighted by Gasteiger charge is -2.18. The number of hydrogen-bond donors (Lipinski definition) is 0. The Morgan fingerprint density at radius 1 is 0.600 bits per heavy atom. The van der Waals surface area contributed by atoms with Crippen LogP contribution in [-0.2, 0) is 4.79 Å². The second-order valence-corrected chi connectivity index (χ2v) is 9.70. The Labute approximate surface area is 183 Å². The molecule has 2 bridgehead atoms. The van der Waals surface area contributed by atoms with Crippen molar-refractivity contribution in [3.05, 3.63) is 115 Å². The molecule has 144 valence electrons. The molecule has 2 aliphatic rings. The minimum Gasteiger partial charge on any atom is -0.298 e. The molecular formula is C27H18OS2. The van der Waals surface area contributed by atoms with E-state index >= 15 is 0 Å². The lowest BCUT2D eigenvalue weighted by Crippen LogP contribution is -2.03. The van der Waals surface area contributed by atoms with Crippen LogP contribution >= 0.6 is 22.7 Å². The van der Waals surface area contributed by atoms with Crippen molar-refractivity contribution < 1.29 is 4.79 Å². The Hall–Kier alpha value is -3.01. The normalized spacial score (nSPS) is 19.1. The highest BCUT2D eigenvalue weighted by Gasteiger charge is 2.48. The van der Waals surface area contributed by atoms with Crippen molar-refractivity contribution in [3.63, 3.8) is 0 Å². The van der Waals surface area contributed by atoms with E-state index in [0.717, 1.165) is 11.1 Å². The predicted octanol–water partition coefficient (Wildman–Crippen LogP) is 7.31. The van der Waals surface area contributed by atoms with Gasteiger partial charge in [-0.1, -0.05) is 60.7 Å². The number of rotatable bonds is 4. The fourth-order valence-electron chi connectivity index (χ4n) is 4.66. The molecule has 0 unspecified atom stereocenters. The first-order valence-corrected chi connectivity index (χ1v) is 11.8. The minimum atomic E-state index is -0.106. The van der Waals surface area contributed by atoms with Crippen LogP contribution in [0.2, 0.25) is 0 Å². The highest BCUT2D eigenvalue weighted by atomic mass is 32.1. The molecule has 0 fully saturated rings. The van der Waals surface area contributed by atoms with E-state index in [-0.39, 0.29) is 11.8 Å². The van der Waals surface area contributed by atoms with Gasteiger partial charge >= 0.3 is 0 Å². The second-order valence-electron chi connectivity index (χ2n) is 7.74. The van der Waals surface area contributed by atoms with Gasteiger partial charge in [0.2, 0.25) is 0 Å². The summed E-state index contributed by atoms with van der Waals surface area (Å²) in [5.74, 6) is 0.120. The van der Waals surface area contributed by atoms with Crippen molar-refractivity contribution in [2.45, 2.75) is 11.8 Å². The quantitative estimate of drug-likeness (QED) is 0.337. The fourth-order valence-corrected chi connectivity index (χ4v) is 5.90. The van der Waals surface area contributed by atoms with Crippen LogP contribution < -0.4 is 0 Å². The van der Waals surface area contributed by atoms with Crippen LogP contribution in [0.1, 0.15) is 55.0 Å². The molecule has 2 heterocycles. The van der Waals surface area contributed by atoms with Gasteiger partial charge in [-0.3, -0.25) is 4.79 Å². The number of carbonyl (C=O) groups is 1. The van der Waals surface area contributed by atoms with E-state index in [1.807, 2.05) is 0 Å². The van der Waals surface area contributed by atoms with Gasteiger partial charge < -0.3 is 0 Å². The average molecular weight is 423 g/mol. The lowest BCUT2D eigenvalue weighted by molar-refractivity contribution is -0.118. The standard InChI is InChI=1S/C27H18OS2/c28-27-25-22-12-8-18(6-10-20-4-2-14-30-20)16-24(22)26(27)21-11-7-17(15-23(21)25)5-9-19-3-1-13-29-19/h1-16,25-26H/t25-,26-/m1/s1. The molecule has 2 aromatic carbocycles. The highest BCUT2D eigenvalue weighted by Crippen LogP contribution is 2.54. The molecule has 2 aliphatic carbocycles. The van der Waals surface area contributed by atoms with Crippen LogP contribution in [0.5, 0.6) is 0 Å². The summed E-state index contributed by atoms with van der Waals surface area (Å²) in [6.07, 6.45) is 8.56. The molecule has 0 saturated heterocycles. The van der Waals surface area contributed by atoms with Crippen molar-refractivity contribution >= 4 is 52.8 Å². The summed E-state index contributed by atoms with van der Waals surface area (Å²) in [5.41, 5.74) is 7.05. The van der Waals surface area contributed by atoms with Crippen molar-refractivity contribution in [1.29, 1.82) is 0 Å². The average Bonchev–Trinajstić information content (AvgIpc) is 3.55. The Kier molecular flexibility index (Phi) is 4.19. The van der Waals surface area contributed by atoms with Crippen molar-refractivity contribution in [1.82, 2.24) is 0 Å². The zero-order valence-electron chi connectivity index (χ0n) is 16.1. The SMILES string of the molecule is O=C1[C@@H]2c3ccc(C=Cc4cccs4)cc3[C@H]1c1ccc(C=Cc3cccs3)cc12. The van der Waals surface area contributed by atoms with Gasteiger partial charge in [0, 0.05) is 9.75 Å². The number of Topliss-reactive ketones (excluding diaryl/α,β-unsaturated/α-hetero) is 1. The molecule has 3 heteroatoms. The molecule has 4 aromatic rings. The van der Waals surface area contributed by atoms with E-state index in [9.17, 15) is 4.79 Å². The van der Waals surface area contributed by atoms with Gasteiger partial charge in [0.15, 0.2) is 5.78 Å². The molecule has 6 rings (SSSR count). The monoisotopic (exact) mass is 422 g/mol. The van der Waals surface area contributed by atoms with Gasteiger partial charge in [0.1, 0.15) is 0 Å². The fraction of sp³-hybridized carbons (Fsp3) is 0.0741. The summed E-state index contributed by atoms with van der Waals surface area (Å²) in [6, 6.07) is 21.3.